The van der Waals surface area contributed by atoms with Crippen molar-refractivity contribution in [2.45, 2.75) is 70.2 Å². The van der Waals surface area contributed by atoms with Crippen molar-refractivity contribution in [2.75, 3.05) is 0 Å². The smallest absolute Gasteiger partial charge is 0.410 e. The number of piperidine rings is 2. The molecular formula is C23H28N2O3. The Kier molecular flexibility index (Phi) is 5.11. The summed E-state index contributed by atoms with van der Waals surface area (Å²) < 4.78 is 5.61. The molecule has 1 amide bonds. The van der Waals surface area contributed by atoms with E-state index >= 15 is 0 Å². The van der Waals surface area contributed by atoms with Crippen LogP contribution in [0.15, 0.2) is 42.5 Å². The number of ether oxygens (including phenoxy) is 1. The van der Waals surface area contributed by atoms with Gasteiger partial charge in [-0.3, -0.25) is 4.98 Å². The molecule has 2 bridgehead atoms. The van der Waals surface area contributed by atoms with Crippen LogP contribution >= 0.6 is 0 Å². The normalized spacial score (nSPS) is 26.8. The van der Waals surface area contributed by atoms with Crippen molar-refractivity contribution < 1.29 is 14.6 Å². The molecule has 148 valence electrons. The third kappa shape index (κ3) is 3.63. The van der Waals surface area contributed by atoms with Gasteiger partial charge in [-0.25, -0.2) is 4.79 Å². The molecule has 5 heteroatoms. The van der Waals surface area contributed by atoms with Crippen LogP contribution in [0.5, 0.6) is 0 Å². The van der Waals surface area contributed by atoms with Crippen molar-refractivity contribution in [1.82, 2.24) is 9.88 Å². The SMILES string of the molecule is Cc1ccc(C2(O)CC3CCCC(C2)N3C(=O)OCc2ccccc2)c(C)n1. The van der Waals surface area contributed by atoms with Gasteiger partial charge in [-0.15, -0.1) is 0 Å². The van der Waals surface area contributed by atoms with E-state index in [0.29, 0.717) is 12.8 Å². The molecule has 2 aliphatic rings. The zero-order valence-electron chi connectivity index (χ0n) is 16.6. The zero-order valence-corrected chi connectivity index (χ0v) is 16.6. The van der Waals surface area contributed by atoms with E-state index in [-0.39, 0.29) is 24.8 Å². The van der Waals surface area contributed by atoms with E-state index in [1.807, 2.05) is 61.2 Å². The minimum absolute atomic E-state index is 0.00137. The number of benzene rings is 1. The Labute approximate surface area is 166 Å². The van der Waals surface area contributed by atoms with Gasteiger partial charge in [0.1, 0.15) is 6.61 Å². The Hall–Kier alpha value is -2.40. The van der Waals surface area contributed by atoms with Gasteiger partial charge in [0.2, 0.25) is 0 Å². The van der Waals surface area contributed by atoms with E-state index in [0.717, 1.165) is 41.8 Å². The summed E-state index contributed by atoms with van der Waals surface area (Å²) in [4.78, 5) is 19.3. The number of nitrogens with zero attached hydrogens (tertiary/aromatic N) is 2. The molecule has 1 N–H and O–H groups in total. The summed E-state index contributed by atoms with van der Waals surface area (Å²) in [6.45, 7) is 4.19. The molecule has 1 aromatic heterocycles. The van der Waals surface area contributed by atoms with Crippen LogP contribution in [-0.4, -0.2) is 33.2 Å². The van der Waals surface area contributed by atoms with Crippen LogP contribution in [0.3, 0.4) is 0 Å². The summed E-state index contributed by atoms with van der Waals surface area (Å²) in [5.74, 6) is 0. The first kappa shape index (κ1) is 18.9. The van der Waals surface area contributed by atoms with Crippen molar-refractivity contribution in [1.29, 1.82) is 0 Å². The summed E-state index contributed by atoms with van der Waals surface area (Å²) >= 11 is 0. The van der Waals surface area contributed by atoms with E-state index in [1.165, 1.54) is 0 Å². The first-order valence-corrected chi connectivity index (χ1v) is 10.1. The molecule has 4 rings (SSSR count). The van der Waals surface area contributed by atoms with Gasteiger partial charge in [-0.2, -0.15) is 0 Å². The summed E-state index contributed by atoms with van der Waals surface area (Å²) in [5.41, 5.74) is 2.77. The quantitative estimate of drug-likeness (QED) is 0.865. The number of hydrogen-bond donors (Lipinski definition) is 1. The number of hydrogen-bond acceptors (Lipinski definition) is 4. The van der Waals surface area contributed by atoms with Gasteiger partial charge in [0.25, 0.3) is 0 Å². The third-order valence-corrected chi connectivity index (χ3v) is 6.15. The van der Waals surface area contributed by atoms with E-state index in [1.54, 1.807) is 0 Å². The number of fused-ring (bicyclic) bond motifs is 2. The summed E-state index contributed by atoms with van der Waals surface area (Å²) in [6, 6.07) is 13.7. The Bertz CT molecular complexity index is 838. The number of pyridine rings is 1. The second-order valence-corrected chi connectivity index (χ2v) is 8.21. The fraction of sp³-hybridized carbons (Fsp3) is 0.478. The molecule has 0 spiro atoms. The van der Waals surface area contributed by atoms with Crippen LogP contribution in [0.2, 0.25) is 0 Å². The Morgan fingerprint density at radius 2 is 1.82 bits per heavy atom. The molecule has 0 aliphatic carbocycles. The minimum Gasteiger partial charge on any atom is -0.445 e. The second kappa shape index (κ2) is 7.55. The Morgan fingerprint density at radius 1 is 1.14 bits per heavy atom. The van der Waals surface area contributed by atoms with Gasteiger partial charge in [-0.1, -0.05) is 36.4 Å². The van der Waals surface area contributed by atoms with Gasteiger partial charge in [0.15, 0.2) is 0 Å². The number of amides is 1. The molecule has 2 saturated heterocycles. The van der Waals surface area contributed by atoms with E-state index in [9.17, 15) is 9.90 Å². The van der Waals surface area contributed by atoms with Gasteiger partial charge < -0.3 is 14.7 Å². The molecular weight excluding hydrogens is 352 g/mol. The van der Waals surface area contributed by atoms with Gasteiger partial charge >= 0.3 is 6.09 Å². The van der Waals surface area contributed by atoms with Crippen LogP contribution in [-0.2, 0) is 16.9 Å². The highest BCUT2D eigenvalue weighted by Gasteiger charge is 2.49. The summed E-state index contributed by atoms with van der Waals surface area (Å²) in [7, 11) is 0. The van der Waals surface area contributed by atoms with Crippen LogP contribution in [0.4, 0.5) is 4.79 Å². The molecule has 0 saturated carbocycles. The van der Waals surface area contributed by atoms with Gasteiger partial charge in [0, 0.05) is 41.9 Å². The van der Waals surface area contributed by atoms with Crippen LogP contribution in [0.1, 0.15) is 54.6 Å². The van der Waals surface area contributed by atoms with Crippen molar-refractivity contribution in [3.05, 3.63) is 65.0 Å². The largest absolute Gasteiger partial charge is 0.445 e. The lowest BCUT2D eigenvalue weighted by atomic mass is 9.72. The predicted octanol–water partition coefficient (Wildman–Crippen LogP) is 4.24. The minimum atomic E-state index is -0.934. The summed E-state index contributed by atoms with van der Waals surface area (Å²) in [5, 5.41) is 11.5. The van der Waals surface area contributed by atoms with Crippen molar-refractivity contribution in [2.24, 2.45) is 0 Å². The first-order chi connectivity index (χ1) is 13.5. The lowest BCUT2D eigenvalue weighted by Gasteiger charge is -2.51. The van der Waals surface area contributed by atoms with Crippen LogP contribution in [0, 0.1) is 13.8 Å². The highest BCUT2D eigenvalue weighted by atomic mass is 16.6. The number of aliphatic hydroxyl groups is 1. The maximum Gasteiger partial charge on any atom is 0.410 e. The number of carbonyl (C=O) groups excluding carboxylic acids is 1. The summed E-state index contributed by atoms with van der Waals surface area (Å²) in [6.07, 6.45) is 3.69. The van der Waals surface area contributed by atoms with Crippen LogP contribution < -0.4 is 0 Å². The topological polar surface area (TPSA) is 62.7 Å². The Balaban J connectivity index is 1.51. The molecule has 3 heterocycles. The van der Waals surface area contributed by atoms with Gasteiger partial charge in [-0.05, 0) is 44.7 Å². The lowest BCUT2D eigenvalue weighted by Crippen LogP contribution is -2.59. The monoisotopic (exact) mass is 380 g/mol. The molecule has 2 unspecified atom stereocenters. The molecule has 0 radical (unpaired) electrons. The lowest BCUT2D eigenvalue weighted by molar-refractivity contribution is -0.0900. The fourth-order valence-corrected chi connectivity index (χ4v) is 4.92. The highest BCUT2D eigenvalue weighted by molar-refractivity contribution is 5.69. The highest BCUT2D eigenvalue weighted by Crippen LogP contribution is 2.45. The fourth-order valence-electron chi connectivity index (χ4n) is 4.92. The number of rotatable bonds is 3. The molecule has 5 nitrogen and oxygen atoms in total. The van der Waals surface area contributed by atoms with Gasteiger partial charge in [0.05, 0.1) is 5.60 Å². The molecule has 28 heavy (non-hydrogen) atoms. The second-order valence-electron chi connectivity index (χ2n) is 8.21. The average Bonchev–Trinajstić information content (AvgIpc) is 2.66. The molecule has 2 atom stereocenters. The number of aromatic nitrogens is 1. The maximum atomic E-state index is 12.9. The zero-order chi connectivity index (χ0) is 19.7. The van der Waals surface area contributed by atoms with Crippen molar-refractivity contribution in [3.8, 4) is 0 Å². The predicted molar refractivity (Wildman–Crippen MR) is 107 cm³/mol. The Morgan fingerprint density at radius 3 is 2.46 bits per heavy atom. The van der Waals surface area contributed by atoms with E-state index < -0.39 is 5.60 Å². The van der Waals surface area contributed by atoms with Crippen LogP contribution in [0.25, 0.3) is 0 Å². The van der Waals surface area contributed by atoms with Crippen molar-refractivity contribution >= 4 is 6.09 Å². The van der Waals surface area contributed by atoms with E-state index in [2.05, 4.69) is 4.98 Å². The molecule has 2 fully saturated rings. The molecule has 2 aromatic rings. The number of aryl methyl sites for hydroxylation is 2. The maximum absolute atomic E-state index is 12.9. The molecule has 1 aromatic carbocycles. The number of carbonyl (C=O) groups is 1. The average molecular weight is 380 g/mol. The third-order valence-electron chi connectivity index (χ3n) is 6.15. The standard InChI is InChI=1S/C23H28N2O3/c1-16-11-12-21(17(2)24-16)23(27)13-19-9-6-10-20(14-23)25(19)22(26)28-15-18-7-4-3-5-8-18/h3-5,7-8,11-12,19-20,27H,6,9-10,13-15H2,1-2H3. The van der Waals surface area contributed by atoms with E-state index in [4.69, 9.17) is 4.74 Å². The molecule has 2 aliphatic heterocycles. The van der Waals surface area contributed by atoms with Crippen molar-refractivity contribution in [3.63, 3.8) is 0 Å². The first-order valence-electron chi connectivity index (χ1n) is 10.1.